The van der Waals surface area contributed by atoms with Crippen LogP contribution >= 0.6 is 0 Å². The molecule has 474 valence electrons. The van der Waals surface area contributed by atoms with Gasteiger partial charge in [0.1, 0.15) is 13.2 Å². The van der Waals surface area contributed by atoms with Crippen molar-refractivity contribution in [1.29, 1.82) is 0 Å². The van der Waals surface area contributed by atoms with E-state index < -0.39 is 6.10 Å². The SMILES string of the molecule is CCCCCCC/C=C\C/C=C\C/C=C\CCCCCCCCCCCCC(=O)OCC(COC(=O)CCCCCCCCCCCCCCCCCCCCC)OC(=O)CCCCCCCCCCC/C=C\CCCCCCCC. The summed E-state index contributed by atoms with van der Waals surface area (Å²) in [6.07, 6.45) is 88.4. The van der Waals surface area contributed by atoms with Crippen molar-refractivity contribution in [1.82, 2.24) is 0 Å². The van der Waals surface area contributed by atoms with E-state index in [-0.39, 0.29) is 31.1 Å². The van der Waals surface area contributed by atoms with E-state index in [1.54, 1.807) is 0 Å². The molecule has 0 aliphatic carbocycles. The van der Waals surface area contributed by atoms with E-state index in [4.69, 9.17) is 14.2 Å². The largest absolute Gasteiger partial charge is 0.462 e. The molecule has 0 aliphatic rings. The lowest BCUT2D eigenvalue weighted by atomic mass is 10.0. The molecule has 1 unspecified atom stereocenters. The first kappa shape index (κ1) is 78.4. The molecule has 0 aliphatic heterocycles. The number of esters is 3. The van der Waals surface area contributed by atoms with Gasteiger partial charge in [-0.05, 0) is 83.5 Å². The summed E-state index contributed by atoms with van der Waals surface area (Å²) < 4.78 is 17.0. The molecule has 0 amide bonds. The van der Waals surface area contributed by atoms with Crippen molar-refractivity contribution in [2.24, 2.45) is 0 Å². The van der Waals surface area contributed by atoms with Gasteiger partial charge >= 0.3 is 17.9 Å². The third kappa shape index (κ3) is 68.0. The number of rotatable bonds is 67. The first-order chi connectivity index (χ1) is 40.0. The minimum atomic E-state index is -0.776. The van der Waals surface area contributed by atoms with Crippen LogP contribution in [0.3, 0.4) is 0 Å². The normalized spacial score (nSPS) is 12.3. The molecule has 0 radical (unpaired) electrons. The first-order valence-corrected chi connectivity index (χ1v) is 36.1. The van der Waals surface area contributed by atoms with Crippen molar-refractivity contribution in [2.45, 2.75) is 399 Å². The van der Waals surface area contributed by atoms with E-state index in [0.29, 0.717) is 19.3 Å². The molecule has 0 saturated heterocycles. The molecule has 0 spiro atoms. The molecule has 6 nitrogen and oxygen atoms in total. The van der Waals surface area contributed by atoms with Crippen LogP contribution in [-0.2, 0) is 28.6 Å². The van der Waals surface area contributed by atoms with E-state index >= 15 is 0 Å². The predicted molar refractivity (Wildman–Crippen MR) is 353 cm³/mol. The van der Waals surface area contributed by atoms with Gasteiger partial charge in [0.2, 0.25) is 0 Å². The van der Waals surface area contributed by atoms with Crippen LogP contribution in [0.5, 0.6) is 0 Å². The van der Waals surface area contributed by atoms with Crippen LogP contribution in [0, 0.1) is 0 Å². The van der Waals surface area contributed by atoms with Gasteiger partial charge in [0, 0.05) is 19.3 Å². The molecule has 0 rings (SSSR count). The number of ether oxygens (including phenoxy) is 3. The molecule has 0 fully saturated rings. The Bertz CT molecular complexity index is 1400. The standard InChI is InChI=1S/C75H138O6/c1-4-7-10-13-16-19-22-25-28-31-34-35-36-37-38-39-42-44-47-50-53-56-59-62-65-68-74(77)80-71-72(81-75(78)69-66-63-60-57-54-51-48-45-41-33-30-27-24-21-18-15-12-9-6-3)70-79-73(76)67-64-61-58-55-52-49-46-43-40-32-29-26-23-20-17-14-11-8-5-2/h22,25,27,30-31,34,36-37,72H,4-21,23-24,26,28-29,32-33,35,38-71H2,1-3H3/b25-22-,30-27-,34-31-,37-36-. The lowest BCUT2D eigenvalue weighted by Gasteiger charge is -2.18. The van der Waals surface area contributed by atoms with Crippen LogP contribution < -0.4 is 0 Å². The summed E-state index contributed by atoms with van der Waals surface area (Å²) in [5.41, 5.74) is 0. The Kier molecular flexibility index (Phi) is 67.6. The second kappa shape index (κ2) is 69.9. The molecule has 0 aromatic carbocycles. The van der Waals surface area contributed by atoms with Gasteiger partial charge in [0.05, 0.1) is 0 Å². The fourth-order valence-electron chi connectivity index (χ4n) is 10.9. The highest BCUT2D eigenvalue weighted by molar-refractivity contribution is 5.71. The Morgan fingerprint density at radius 2 is 0.444 bits per heavy atom. The van der Waals surface area contributed by atoms with E-state index in [9.17, 15) is 14.4 Å². The molecular weight excluding hydrogens is 997 g/mol. The highest BCUT2D eigenvalue weighted by atomic mass is 16.6. The number of unbranched alkanes of at least 4 members (excludes halogenated alkanes) is 48. The Labute approximate surface area is 505 Å². The maximum atomic E-state index is 13.0. The fraction of sp³-hybridized carbons (Fsp3) is 0.853. The minimum Gasteiger partial charge on any atom is -0.462 e. The summed E-state index contributed by atoms with van der Waals surface area (Å²) in [6, 6.07) is 0. The van der Waals surface area contributed by atoms with Crippen molar-refractivity contribution < 1.29 is 28.6 Å². The zero-order chi connectivity index (χ0) is 58.5. The molecule has 6 heteroatoms. The summed E-state index contributed by atoms with van der Waals surface area (Å²) in [5.74, 6) is -0.847. The van der Waals surface area contributed by atoms with E-state index in [2.05, 4.69) is 69.4 Å². The van der Waals surface area contributed by atoms with Gasteiger partial charge in [-0.1, -0.05) is 339 Å². The zero-order valence-corrected chi connectivity index (χ0v) is 54.6. The highest BCUT2D eigenvalue weighted by Gasteiger charge is 2.19. The number of carbonyl (C=O) groups is 3. The molecule has 0 aromatic heterocycles. The van der Waals surface area contributed by atoms with Gasteiger partial charge in [-0.25, -0.2) is 0 Å². The average Bonchev–Trinajstić information content (AvgIpc) is 3.47. The summed E-state index contributed by atoms with van der Waals surface area (Å²) in [7, 11) is 0. The second-order valence-corrected chi connectivity index (χ2v) is 24.5. The van der Waals surface area contributed by atoms with Gasteiger partial charge in [0.15, 0.2) is 6.10 Å². The van der Waals surface area contributed by atoms with Crippen molar-refractivity contribution in [3.63, 3.8) is 0 Å². The Hall–Kier alpha value is -2.63. The van der Waals surface area contributed by atoms with E-state index in [0.717, 1.165) is 70.6 Å². The second-order valence-electron chi connectivity index (χ2n) is 24.5. The third-order valence-corrected chi connectivity index (χ3v) is 16.3. The fourth-order valence-corrected chi connectivity index (χ4v) is 10.9. The van der Waals surface area contributed by atoms with Crippen molar-refractivity contribution >= 4 is 17.9 Å². The van der Waals surface area contributed by atoms with Gasteiger partial charge in [-0.3, -0.25) is 14.4 Å². The molecule has 1 atom stereocenters. The third-order valence-electron chi connectivity index (χ3n) is 16.3. The van der Waals surface area contributed by atoms with Crippen LogP contribution in [-0.4, -0.2) is 37.2 Å². The summed E-state index contributed by atoms with van der Waals surface area (Å²) >= 11 is 0. The predicted octanol–water partition coefficient (Wildman–Crippen LogP) is 24.9. The van der Waals surface area contributed by atoms with Crippen molar-refractivity contribution in [3.05, 3.63) is 48.6 Å². The van der Waals surface area contributed by atoms with Gasteiger partial charge in [0.25, 0.3) is 0 Å². The molecule has 0 bridgehead atoms. The van der Waals surface area contributed by atoms with Crippen LogP contribution in [0.2, 0.25) is 0 Å². The van der Waals surface area contributed by atoms with Gasteiger partial charge < -0.3 is 14.2 Å². The average molecular weight is 1140 g/mol. The summed E-state index contributed by atoms with van der Waals surface area (Å²) in [6.45, 7) is 6.70. The zero-order valence-electron chi connectivity index (χ0n) is 54.6. The number of carbonyl (C=O) groups excluding carboxylic acids is 3. The van der Waals surface area contributed by atoms with Crippen LogP contribution in [0.1, 0.15) is 393 Å². The van der Waals surface area contributed by atoms with Crippen LogP contribution in [0.15, 0.2) is 48.6 Å². The monoisotopic (exact) mass is 1140 g/mol. The first-order valence-electron chi connectivity index (χ1n) is 36.1. The number of hydrogen-bond acceptors (Lipinski definition) is 6. The summed E-state index contributed by atoms with van der Waals surface area (Å²) in [4.78, 5) is 38.5. The summed E-state index contributed by atoms with van der Waals surface area (Å²) in [5, 5.41) is 0. The molecule has 0 aromatic rings. The number of allylic oxidation sites excluding steroid dienone is 8. The Morgan fingerprint density at radius 3 is 0.704 bits per heavy atom. The maximum absolute atomic E-state index is 13.0. The molecule has 0 N–H and O–H groups in total. The van der Waals surface area contributed by atoms with Crippen LogP contribution in [0.4, 0.5) is 0 Å². The molecular formula is C75H138O6. The van der Waals surface area contributed by atoms with Gasteiger partial charge in [-0.15, -0.1) is 0 Å². The lowest BCUT2D eigenvalue weighted by Crippen LogP contribution is -2.30. The van der Waals surface area contributed by atoms with E-state index in [1.165, 1.54) is 283 Å². The van der Waals surface area contributed by atoms with Gasteiger partial charge in [-0.2, -0.15) is 0 Å². The minimum absolute atomic E-state index is 0.0703. The van der Waals surface area contributed by atoms with E-state index in [1.807, 2.05) is 0 Å². The smallest absolute Gasteiger partial charge is 0.306 e. The molecule has 0 saturated carbocycles. The number of hydrogen-bond donors (Lipinski definition) is 0. The molecule has 81 heavy (non-hydrogen) atoms. The maximum Gasteiger partial charge on any atom is 0.306 e. The van der Waals surface area contributed by atoms with Crippen molar-refractivity contribution in [3.8, 4) is 0 Å². The Balaban J connectivity index is 4.32. The molecule has 0 heterocycles. The lowest BCUT2D eigenvalue weighted by molar-refractivity contribution is -0.167. The topological polar surface area (TPSA) is 78.9 Å². The van der Waals surface area contributed by atoms with Crippen LogP contribution in [0.25, 0.3) is 0 Å². The van der Waals surface area contributed by atoms with Crippen molar-refractivity contribution in [2.75, 3.05) is 13.2 Å². The highest BCUT2D eigenvalue weighted by Crippen LogP contribution is 2.18. The Morgan fingerprint density at radius 1 is 0.247 bits per heavy atom. The quantitative estimate of drug-likeness (QED) is 0.0261.